The van der Waals surface area contributed by atoms with Crippen LogP contribution in [-0.2, 0) is 14.3 Å². The summed E-state index contributed by atoms with van der Waals surface area (Å²) >= 11 is 6.19. The Bertz CT molecular complexity index is 650. The van der Waals surface area contributed by atoms with Gasteiger partial charge >= 0.3 is 5.97 Å². The molecule has 0 aliphatic carbocycles. The van der Waals surface area contributed by atoms with E-state index in [2.05, 4.69) is 0 Å². The highest BCUT2D eigenvalue weighted by Crippen LogP contribution is 2.36. The van der Waals surface area contributed by atoms with Gasteiger partial charge in [0.15, 0.2) is 5.78 Å². The summed E-state index contributed by atoms with van der Waals surface area (Å²) in [7, 11) is 0. The molecule has 6 heteroatoms. The Morgan fingerprint density at radius 2 is 2.09 bits per heavy atom. The summed E-state index contributed by atoms with van der Waals surface area (Å²) in [6.45, 7) is 5.38. The lowest BCUT2D eigenvalue weighted by Crippen LogP contribution is -2.32. The van der Waals surface area contributed by atoms with E-state index in [4.69, 9.17) is 21.1 Å². The van der Waals surface area contributed by atoms with Crippen molar-refractivity contribution in [1.29, 1.82) is 0 Å². The maximum absolute atomic E-state index is 12.7. The molecule has 5 nitrogen and oxygen atoms in total. The number of ether oxygens (including phenoxy) is 2. The van der Waals surface area contributed by atoms with Gasteiger partial charge < -0.3 is 9.47 Å². The molecule has 0 fully saturated rings. The minimum Gasteiger partial charge on any atom is -0.493 e. The first-order valence-corrected chi connectivity index (χ1v) is 7.43. The molecule has 1 aliphatic heterocycles. The number of carbonyl (C=O) groups is 3. The zero-order valence-electron chi connectivity index (χ0n) is 12.7. The quantitative estimate of drug-likeness (QED) is 0.485. The molecular weight excluding hydrogens is 308 g/mol. The average molecular weight is 325 g/mol. The summed E-state index contributed by atoms with van der Waals surface area (Å²) in [5.74, 6) is -2.94. The van der Waals surface area contributed by atoms with Crippen LogP contribution in [0.1, 0.15) is 34.8 Å². The number of ketones is 2. The molecule has 0 saturated heterocycles. The highest BCUT2D eigenvalue weighted by atomic mass is 35.5. The van der Waals surface area contributed by atoms with Gasteiger partial charge in [0.25, 0.3) is 5.78 Å². The van der Waals surface area contributed by atoms with E-state index in [9.17, 15) is 14.4 Å². The van der Waals surface area contributed by atoms with Crippen LogP contribution in [0.5, 0.6) is 5.75 Å². The fraction of sp³-hybridized carbons (Fsp3) is 0.438. The molecule has 0 spiro atoms. The van der Waals surface area contributed by atoms with Crippen molar-refractivity contribution in [3.05, 3.63) is 27.8 Å². The second-order valence-corrected chi connectivity index (χ2v) is 5.52. The summed E-state index contributed by atoms with van der Waals surface area (Å²) in [4.78, 5) is 36.5. The van der Waals surface area contributed by atoms with Gasteiger partial charge in [-0.2, -0.15) is 0 Å². The minimum atomic E-state index is -1.09. The van der Waals surface area contributed by atoms with E-state index < -0.39 is 23.5 Å². The van der Waals surface area contributed by atoms with E-state index in [1.54, 1.807) is 19.9 Å². The van der Waals surface area contributed by atoms with Gasteiger partial charge in [-0.15, -0.1) is 0 Å². The second-order valence-electron chi connectivity index (χ2n) is 5.14. The van der Waals surface area contributed by atoms with Gasteiger partial charge in [-0.1, -0.05) is 11.6 Å². The number of esters is 1. The number of hydrogen-bond acceptors (Lipinski definition) is 5. The summed E-state index contributed by atoms with van der Waals surface area (Å²) < 4.78 is 10.3. The molecule has 1 heterocycles. The van der Waals surface area contributed by atoms with Crippen molar-refractivity contribution in [3.63, 3.8) is 0 Å². The Balaban J connectivity index is 2.45. The molecular formula is C16H17ClO5. The summed E-state index contributed by atoms with van der Waals surface area (Å²) in [6, 6.07) is 1.68. The molecule has 0 aromatic heterocycles. The summed E-state index contributed by atoms with van der Waals surface area (Å²) in [5.41, 5.74) is 1.63. The Hall–Kier alpha value is -1.88. The van der Waals surface area contributed by atoms with E-state index in [-0.39, 0.29) is 25.2 Å². The van der Waals surface area contributed by atoms with Crippen LogP contribution in [-0.4, -0.2) is 30.7 Å². The normalized spacial score (nSPS) is 17.3. The first kappa shape index (κ1) is 16.5. The molecule has 0 amide bonds. The van der Waals surface area contributed by atoms with Crippen molar-refractivity contribution >= 4 is 29.1 Å². The van der Waals surface area contributed by atoms with Crippen molar-refractivity contribution in [1.82, 2.24) is 0 Å². The molecule has 0 bridgehead atoms. The number of carbonyl (C=O) groups excluding carboxylic acids is 3. The standard InChI is InChI=1S/C16H17ClO5/c1-4-21-16(20)15(19)10-5-6-22-11-7-8(2)13(17)9(3)12(11)14(10)18/h7,10H,4-6H2,1-3H3. The maximum Gasteiger partial charge on any atom is 0.375 e. The number of benzene rings is 1. The van der Waals surface area contributed by atoms with Crippen LogP contribution in [0.4, 0.5) is 0 Å². The number of aryl methyl sites for hydroxylation is 1. The molecule has 1 aliphatic rings. The fourth-order valence-electron chi connectivity index (χ4n) is 2.53. The highest BCUT2D eigenvalue weighted by molar-refractivity contribution is 6.40. The van der Waals surface area contributed by atoms with Gasteiger partial charge in [-0.25, -0.2) is 4.79 Å². The molecule has 0 N–H and O–H groups in total. The van der Waals surface area contributed by atoms with E-state index in [0.717, 1.165) is 5.56 Å². The smallest absolute Gasteiger partial charge is 0.375 e. The number of halogens is 1. The molecule has 0 radical (unpaired) electrons. The van der Waals surface area contributed by atoms with Crippen LogP contribution in [0, 0.1) is 19.8 Å². The van der Waals surface area contributed by atoms with Crippen LogP contribution in [0.25, 0.3) is 0 Å². The van der Waals surface area contributed by atoms with E-state index in [1.165, 1.54) is 0 Å². The minimum absolute atomic E-state index is 0.0859. The predicted octanol–water partition coefficient (Wildman–Crippen LogP) is 2.67. The molecule has 2 rings (SSSR count). The molecule has 118 valence electrons. The Kier molecular flexibility index (Phi) is 4.86. The number of fused-ring (bicyclic) bond motifs is 1. The van der Waals surface area contributed by atoms with E-state index in [0.29, 0.717) is 16.3 Å². The molecule has 1 unspecified atom stereocenters. The third-order valence-electron chi connectivity index (χ3n) is 3.66. The van der Waals surface area contributed by atoms with Crippen LogP contribution in [0.15, 0.2) is 6.07 Å². The van der Waals surface area contributed by atoms with Crippen molar-refractivity contribution in [2.45, 2.75) is 27.2 Å². The summed E-state index contributed by atoms with van der Waals surface area (Å²) in [5, 5.41) is 0.458. The maximum atomic E-state index is 12.7. The molecule has 22 heavy (non-hydrogen) atoms. The largest absolute Gasteiger partial charge is 0.493 e. The van der Waals surface area contributed by atoms with Gasteiger partial charge in [0.1, 0.15) is 5.75 Å². The average Bonchev–Trinajstić information content (AvgIpc) is 2.63. The van der Waals surface area contributed by atoms with Crippen LogP contribution in [0.2, 0.25) is 5.02 Å². The zero-order valence-corrected chi connectivity index (χ0v) is 13.5. The van der Waals surface area contributed by atoms with Crippen LogP contribution < -0.4 is 4.74 Å². The lowest BCUT2D eigenvalue weighted by molar-refractivity contribution is -0.154. The third kappa shape index (κ3) is 2.86. The third-order valence-corrected chi connectivity index (χ3v) is 4.25. The lowest BCUT2D eigenvalue weighted by atomic mass is 9.89. The zero-order chi connectivity index (χ0) is 16.4. The van der Waals surface area contributed by atoms with Gasteiger partial charge in [0.05, 0.1) is 24.7 Å². The first-order chi connectivity index (χ1) is 10.4. The molecule has 1 atom stereocenters. The van der Waals surface area contributed by atoms with E-state index >= 15 is 0 Å². The Morgan fingerprint density at radius 1 is 1.41 bits per heavy atom. The molecule has 0 saturated carbocycles. The number of rotatable bonds is 3. The summed E-state index contributed by atoms with van der Waals surface area (Å²) in [6.07, 6.45) is 0.140. The van der Waals surface area contributed by atoms with E-state index in [1.807, 2.05) is 6.92 Å². The monoisotopic (exact) mass is 324 g/mol. The fourth-order valence-corrected chi connectivity index (χ4v) is 2.68. The van der Waals surface area contributed by atoms with Crippen molar-refractivity contribution in [2.24, 2.45) is 5.92 Å². The van der Waals surface area contributed by atoms with Gasteiger partial charge in [0, 0.05) is 5.02 Å². The highest BCUT2D eigenvalue weighted by Gasteiger charge is 2.37. The topological polar surface area (TPSA) is 69.7 Å². The van der Waals surface area contributed by atoms with Gasteiger partial charge in [-0.05, 0) is 44.4 Å². The van der Waals surface area contributed by atoms with Crippen molar-refractivity contribution in [3.8, 4) is 5.75 Å². The molecule has 1 aromatic carbocycles. The van der Waals surface area contributed by atoms with Gasteiger partial charge in [-0.3, -0.25) is 9.59 Å². The number of Topliss-reactive ketones (excluding diaryl/α,β-unsaturated/α-hetero) is 2. The Morgan fingerprint density at radius 3 is 2.73 bits per heavy atom. The van der Waals surface area contributed by atoms with Crippen molar-refractivity contribution < 1.29 is 23.9 Å². The first-order valence-electron chi connectivity index (χ1n) is 7.06. The van der Waals surface area contributed by atoms with Crippen molar-refractivity contribution in [2.75, 3.05) is 13.2 Å². The number of hydrogen-bond donors (Lipinski definition) is 0. The lowest BCUT2D eigenvalue weighted by Gasteiger charge is -2.14. The van der Waals surface area contributed by atoms with Gasteiger partial charge in [0.2, 0.25) is 0 Å². The second kappa shape index (κ2) is 6.48. The predicted molar refractivity (Wildman–Crippen MR) is 80.5 cm³/mol. The van der Waals surface area contributed by atoms with Crippen LogP contribution >= 0.6 is 11.6 Å². The molecule has 1 aromatic rings. The SMILES string of the molecule is CCOC(=O)C(=O)C1CCOc2cc(C)c(Cl)c(C)c2C1=O. The van der Waals surface area contributed by atoms with Crippen LogP contribution in [0.3, 0.4) is 0 Å². The Labute approximate surface area is 133 Å².